The van der Waals surface area contributed by atoms with Gasteiger partial charge in [-0.25, -0.2) is 0 Å². The molecule has 0 radical (unpaired) electrons. The highest BCUT2D eigenvalue weighted by atomic mass is 35.5. The Morgan fingerprint density at radius 1 is 1.07 bits per heavy atom. The summed E-state index contributed by atoms with van der Waals surface area (Å²) in [7, 11) is 0. The molecular weight excluding hydrogens is 362 g/mol. The van der Waals surface area contributed by atoms with Crippen LogP contribution in [0.2, 0.25) is 0 Å². The molecule has 1 aliphatic rings. The first-order valence-corrected chi connectivity index (χ1v) is 9.09. The predicted molar refractivity (Wildman–Crippen MR) is 110 cm³/mol. The van der Waals surface area contributed by atoms with Crippen LogP contribution in [0.5, 0.6) is 0 Å². The Balaban J connectivity index is 0.00000261. The number of nitrogens with zero attached hydrogens (tertiary/aromatic N) is 1. The number of likely N-dealkylation sites (tertiary alicyclic amines) is 1. The van der Waals surface area contributed by atoms with Gasteiger partial charge < -0.3 is 16.0 Å². The second kappa shape index (κ2) is 10.1. The zero-order chi connectivity index (χ0) is 18.4. The van der Waals surface area contributed by atoms with Gasteiger partial charge in [0.2, 0.25) is 11.8 Å². The van der Waals surface area contributed by atoms with Crippen LogP contribution >= 0.6 is 12.4 Å². The minimum Gasteiger partial charge on any atom is -0.338 e. The third kappa shape index (κ3) is 6.08. The number of amides is 2. The lowest BCUT2D eigenvalue weighted by Crippen LogP contribution is -2.37. The molecule has 5 nitrogen and oxygen atoms in total. The number of anilines is 1. The van der Waals surface area contributed by atoms with Crippen LogP contribution in [0.1, 0.15) is 30.4 Å². The zero-order valence-electron chi connectivity index (χ0n) is 15.3. The molecule has 0 aliphatic carbocycles. The van der Waals surface area contributed by atoms with Gasteiger partial charge in [-0.2, -0.15) is 0 Å². The summed E-state index contributed by atoms with van der Waals surface area (Å²) in [6, 6.07) is 16.7. The molecule has 2 aromatic carbocycles. The molecule has 1 aliphatic heterocycles. The molecule has 2 amide bonds. The van der Waals surface area contributed by atoms with Gasteiger partial charge in [-0.05, 0) is 42.5 Å². The van der Waals surface area contributed by atoms with Crippen molar-refractivity contribution in [1.82, 2.24) is 4.90 Å². The van der Waals surface area contributed by atoms with E-state index in [0.717, 1.165) is 30.5 Å². The maximum Gasteiger partial charge on any atom is 0.241 e. The van der Waals surface area contributed by atoms with E-state index in [0.29, 0.717) is 25.1 Å². The number of nitrogens with two attached hydrogens (primary N) is 1. The molecule has 1 saturated heterocycles. The van der Waals surface area contributed by atoms with E-state index in [1.807, 2.05) is 59.5 Å². The molecule has 27 heavy (non-hydrogen) atoms. The van der Waals surface area contributed by atoms with Gasteiger partial charge in [-0.15, -0.1) is 12.4 Å². The number of carbonyl (C=O) groups is 2. The first kappa shape index (κ1) is 20.9. The van der Waals surface area contributed by atoms with Gasteiger partial charge in [0, 0.05) is 25.2 Å². The normalized spacial score (nSPS) is 15.0. The highest BCUT2D eigenvalue weighted by molar-refractivity contribution is 5.94. The minimum absolute atomic E-state index is 0. The van der Waals surface area contributed by atoms with E-state index in [9.17, 15) is 9.59 Å². The Morgan fingerprint density at radius 3 is 2.56 bits per heavy atom. The second-order valence-corrected chi connectivity index (χ2v) is 6.76. The fourth-order valence-electron chi connectivity index (χ4n) is 3.19. The van der Waals surface area contributed by atoms with Crippen LogP contribution in [-0.2, 0) is 22.6 Å². The summed E-state index contributed by atoms with van der Waals surface area (Å²) < 4.78 is 0. The molecule has 1 atom stereocenters. The lowest BCUT2D eigenvalue weighted by molar-refractivity contribution is -0.133. The zero-order valence-corrected chi connectivity index (χ0v) is 16.1. The quantitative estimate of drug-likeness (QED) is 0.799. The van der Waals surface area contributed by atoms with E-state index in [1.165, 1.54) is 0 Å². The number of nitrogens with one attached hydrogen (secondary N) is 1. The minimum atomic E-state index is -0.607. The summed E-state index contributed by atoms with van der Waals surface area (Å²) in [4.78, 5) is 26.2. The monoisotopic (exact) mass is 387 g/mol. The van der Waals surface area contributed by atoms with Crippen molar-refractivity contribution in [3.63, 3.8) is 0 Å². The smallest absolute Gasteiger partial charge is 0.241 e. The molecule has 1 fully saturated rings. The standard InChI is InChI=1S/C21H25N3O2.ClH/c22-19(14-16-7-2-1-3-8-16)21(26)23-18-10-6-9-17(13-18)15-24-12-5-4-11-20(24)25;/h1-3,6-10,13,19H,4-5,11-12,14-15,22H2,(H,23,26);1H/t19-;/m0./s1. The van der Waals surface area contributed by atoms with Crippen molar-refractivity contribution in [2.75, 3.05) is 11.9 Å². The van der Waals surface area contributed by atoms with Gasteiger partial charge in [0.05, 0.1) is 6.04 Å². The van der Waals surface area contributed by atoms with Gasteiger partial charge >= 0.3 is 0 Å². The number of benzene rings is 2. The molecule has 2 aromatic rings. The molecule has 0 saturated carbocycles. The first-order valence-electron chi connectivity index (χ1n) is 9.09. The van der Waals surface area contributed by atoms with Crippen molar-refractivity contribution in [3.05, 3.63) is 65.7 Å². The predicted octanol–water partition coefficient (Wildman–Crippen LogP) is 3.13. The molecule has 0 aromatic heterocycles. The molecule has 3 N–H and O–H groups in total. The van der Waals surface area contributed by atoms with E-state index in [1.54, 1.807) is 0 Å². The molecule has 6 heteroatoms. The third-order valence-electron chi connectivity index (χ3n) is 4.62. The lowest BCUT2D eigenvalue weighted by Gasteiger charge is -2.27. The Bertz CT molecular complexity index is 767. The number of carbonyl (C=O) groups excluding carboxylic acids is 2. The van der Waals surface area contributed by atoms with Gasteiger partial charge in [0.25, 0.3) is 0 Å². The summed E-state index contributed by atoms with van der Waals surface area (Å²) >= 11 is 0. The Morgan fingerprint density at radius 2 is 1.81 bits per heavy atom. The first-order chi connectivity index (χ1) is 12.6. The van der Waals surface area contributed by atoms with Crippen LogP contribution in [0.15, 0.2) is 54.6 Å². The van der Waals surface area contributed by atoms with Crippen LogP contribution in [0, 0.1) is 0 Å². The number of rotatable bonds is 6. The maximum atomic E-state index is 12.4. The van der Waals surface area contributed by atoms with Crippen LogP contribution in [0.25, 0.3) is 0 Å². The van der Waals surface area contributed by atoms with Crippen LogP contribution in [-0.4, -0.2) is 29.3 Å². The van der Waals surface area contributed by atoms with Crippen molar-refractivity contribution in [2.45, 2.75) is 38.3 Å². The SMILES string of the molecule is Cl.N[C@@H](Cc1ccccc1)C(=O)Nc1cccc(CN2CCCCC2=O)c1. The van der Waals surface area contributed by atoms with Gasteiger partial charge in [-0.1, -0.05) is 42.5 Å². The van der Waals surface area contributed by atoms with Gasteiger partial charge in [0.1, 0.15) is 0 Å². The van der Waals surface area contributed by atoms with Crippen molar-refractivity contribution in [1.29, 1.82) is 0 Å². The maximum absolute atomic E-state index is 12.4. The highest BCUT2D eigenvalue weighted by Crippen LogP contribution is 2.17. The average molecular weight is 388 g/mol. The van der Waals surface area contributed by atoms with Crippen molar-refractivity contribution >= 4 is 29.9 Å². The van der Waals surface area contributed by atoms with Crippen molar-refractivity contribution in [2.24, 2.45) is 5.73 Å². The third-order valence-corrected chi connectivity index (χ3v) is 4.62. The van der Waals surface area contributed by atoms with Gasteiger partial charge in [0.15, 0.2) is 0 Å². The lowest BCUT2D eigenvalue weighted by atomic mass is 10.1. The topological polar surface area (TPSA) is 75.4 Å². The Kier molecular flexibility index (Phi) is 7.82. The van der Waals surface area contributed by atoms with E-state index in [2.05, 4.69) is 5.32 Å². The van der Waals surface area contributed by atoms with Crippen LogP contribution in [0.3, 0.4) is 0 Å². The van der Waals surface area contributed by atoms with E-state index in [-0.39, 0.29) is 24.2 Å². The summed E-state index contributed by atoms with van der Waals surface area (Å²) in [5.74, 6) is -0.00405. The summed E-state index contributed by atoms with van der Waals surface area (Å²) in [5.41, 5.74) is 8.79. The molecular formula is C21H26ClN3O2. The van der Waals surface area contributed by atoms with Crippen LogP contribution in [0.4, 0.5) is 5.69 Å². The highest BCUT2D eigenvalue weighted by Gasteiger charge is 2.18. The summed E-state index contributed by atoms with van der Waals surface area (Å²) in [6.45, 7) is 1.38. The van der Waals surface area contributed by atoms with E-state index in [4.69, 9.17) is 5.73 Å². The van der Waals surface area contributed by atoms with Crippen molar-refractivity contribution in [3.8, 4) is 0 Å². The summed E-state index contributed by atoms with van der Waals surface area (Å²) in [5, 5.41) is 2.88. The van der Waals surface area contributed by atoms with Gasteiger partial charge in [-0.3, -0.25) is 9.59 Å². The largest absolute Gasteiger partial charge is 0.338 e. The molecule has 0 unspecified atom stereocenters. The molecule has 1 heterocycles. The fraction of sp³-hybridized carbons (Fsp3) is 0.333. The molecule has 0 spiro atoms. The van der Waals surface area contributed by atoms with Crippen molar-refractivity contribution < 1.29 is 9.59 Å². The number of halogens is 1. The number of piperidine rings is 1. The van der Waals surface area contributed by atoms with E-state index < -0.39 is 6.04 Å². The number of hydrogen-bond acceptors (Lipinski definition) is 3. The van der Waals surface area contributed by atoms with Crippen LogP contribution < -0.4 is 11.1 Å². The second-order valence-electron chi connectivity index (χ2n) is 6.76. The summed E-state index contributed by atoms with van der Waals surface area (Å²) in [6.07, 6.45) is 3.15. The number of hydrogen-bond donors (Lipinski definition) is 2. The molecule has 0 bridgehead atoms. The molecule has 144 valence electrons. The Labute approximate surface area is 166 Å². The van der Waals surface area contributed by atoms with E-state index >= 15 is 0 Å². The Hall–Kier alpha value is -2.37. The molecule has 3 rings (SSSR count). The fourth-order valence-corrected chi connectivity index (χ4v) is 3.19. The average Bonchev–Trinajstić information content (AvgIpc) is 2.65.